The molecule has 0 aromatic carbocycles. The van der Waals surface area contributed by atoms with Gasteiger partial charge in [-0.25, -0.2) is 9.78 Å². The highest BCUT2D eigenvalue weighted by atomic mass is 32.1. The molecule has 2 rings (SSSR count). The number of hydrogen-bond acceptors (Lipinski definition) is 8. The molecule has 0 spiro atoms. The number of carbonyl (C=O) groups excluding carboxylic acids is 3. The van der Waals surface area contributed by atoms with Gasteiger partial charge < -0.3 is 42.8 Å². The Balaban J connectivity index is 2.06. The summed E-state index contributed by atoms with van der Waals surface area (Å²) in [5.41, 5.74) is 17.2. The lowest BCUT2D eigenvalue weighted by Crippen LogP contribution is -2.57. The van der Waals surface area contributed by atoms with E-state index in [1.54, 1.807) is 0 Å². The number of nitrogens with zero attached hydrogens (tertiary/aromatic N) is 3. The second-order valence-corrected chi connectivity index (χ2v) is 8.53. The summed E-state index contributed by atoms with van der Waals surface area (Å²) in [5.74, 6) is -3.00. The minimum absolute atomic E-state index is 0.0509. The fourth-order valence-corrected chi connectivity index (χ4v) is 3.98. The van der Waals surface area contributed by atoms with E-state index < -0.39 is 47.9 Å². The summed E-state index contributed by atoms with van der Waals surface area (Å²) in [4.78, 5) is 62.0. The van der Waals surface area contributed by atoms with Gasteiger partial charge in [-0.2, -0.15) is 12.6 Å². The maximum Gasteiger partial charge on any atom is 0.326 e. The molecule has 35 heavy (non-hydrogen) atoms. The summed E-state index contributed by atoms with van der Waals surface area (Å²) in [6, 6.07) is -4.00. The Labute approximate surface area is 207 Å². The van der Waals surface area contributed by atoms with Crippen LogP contribution in [0.2, 0.25) is 0 Å². The van der Waals surface area contributed by atoms with Crippen molar-refractivity contribution in [3.05, 3.63) is 18.2 Å². The number of aromatic amines is 1. The molecule has 3 amide bonds. The lowest BCUT2D eigenvalue weighted by Gasteiger charge is -2.28. The van der Waals surface area contributed by atoms with Crippen molar-refractivity contribution in [3.63, 3.8) is 0 Å². The van der Waals surface area contributed by atoms with Crippen LogP contribution in [0.3, 0.4) is 0 Å². The highest BCUT2D eigenvalue weighted by molar-refractivity contribution is 7.80. The molecular formula is C20H33N9O5S. The van der Waals surface area contributed by atoms with Gasteiger partial charge >= 0.3 is 5.97 Å². The Bertz CT molecular complexity index is 907. The molecule has 15 heteroatoms. The van der Waals surface area contributed by atoms with Gasteiger partial charge in [-0.05, 0) is 25.7 Å². The van der Waals surface area contributed by atoms with Crippen molar-refractivity contribution in [2.45, 2.75) is 56.3 Å². The summed E-state index contributed by atoms with van der Waals surface area (Å²) in [5, 5.41) is 14.6. The Morgan fingerprint density at radius 2 is 1.97 bits per heavy atom. The van der Waals surface area contributed by atoms with Gasteiger partial charge in [0.25, 0.3) is 0 Å². The number of carboxylic acids is 1. The van der Waals surface area contributed by atoms with E-state index in [-0.39, 0.29) is 37.6 Å². The Hall–Kier alpha value is -3.33. The van der Waals surface area contributed by atoms with E-state index in [9.17, 15) is 24.3 Å². The van der Waals surface area contributed by atoms with Crippen LogP contribution >= 0.6 is 12.6 Å². The molecule has 1 aromatic rings. The Kier molecular flexibility index (Phi) is 10.8. The standard InChI is InChI=1S/C20H33N9O5S/c21-12(7-11-8-24-10-26-11)16(30)28-14(9-35)17(31)27-13(3-1-5-25-20(22)23)18(32)29-6-2-4-15(29)19(33)34/h8,10,12-15,35H,1-7,9,21H2,(H,24,26)(H,27,31)(H,28,30)(H,33,34)(H4,22,23,25). The number of carboxylic acid groups (broad SMARTS) is 1. The van der Waals surface area contributed by atoms with Crippen LogP contribution in [0.15, 0.2) is 17.5 Å². The van der Waals surface area contributed by atoms with Crippen molar-refractivity contribution >= 4 is 42.3 Å². The summed E-state index contributed by atoms with van der Waals surface area (Å²) >= 11 is 4.15. The smallest absolute Gasteiger partial charge is 0.326 e. The number of carbonyl (C=O) groups is 4. The van der Waals surface area contributed by atoms with E-state index in [1.807, 2.05) is 0 Å². The number of thiol groups is 1. The van der Waals surface area contributed by atoms with E-state index in [2.05, 4.69) is 38.2 Å². The molecule has 2 heterocycles. The first kappa shape index (κ1) is 27.9. The zero-order valence-corrected chi connectivity index (χ0v) is 20.1. The van der Waals surface area contributed by atoms with Crippen LogP contribution in [-0.2, 0) is 25.6 Å². The number of H-pyrrole nitrogens is 1. The molecule has 1 aromatic heterocycles. The number of aliphatic carboxylic acids is 1. The number of rotatable bonds is 13. The third-order valence-corrected chi connectivity index (χ3v) is 5.89. The first-order valence-electron chi connectivity index (χ1n) is 11.2. The van der Waals surface area contributed by atoms with Gasteiger partial charge in [-0.1, -0.05) is 0 Å². The molecule has 194 valence electrons. The minimum Gasteiger partial charge on any atom is -0.480 e. The molecule has 0 saturated carbocycles. The number of imidazole rings is 1. The largest absolute Gasteiger partial charge is 0.480 e. The average Bonchev–Trinajstić information content (AvgIpc) is 3.50. The second kappa shape index (κ2) is 13.5. The zero-order valence-electron chi connectivity index (χ0n) is 19.2. The molecule has 1 aliphatic heterocycles. The molecule has 4 atom stereocenters. The highest BCUT2D eigenvalue weighted by Crippen LogP contribution is 2.19. The second-order valence-electron chi connectivity index (χ2n) is 8.17. The Morgan fingerprint density at radius 1 is 1.26 bits per heavy atom. The summed E-state index contributed by atoms with van der Waals surface area (Å²) < 4.78 is 0. The van der Waals surface area contributed by atoms with Crippen LogP contribution in [0.4, 0.5) is 0 Å². The molecule has 0 bridgehead atoms. The van der Waals surface area contributed by atoms with Crippen molar-refractivity contribution in [1.82, 2.24) is 25.5 Å². The third kappa shape index (κ3) is 8.43. The molecule has 1 fully saturated rings. The number of nitrogens with one attached hydrogen (secondary N) is 3. The van der Waals surface area contributed by atoms with Crippen molar-refractivity contribution in [1.29, 1.82) is 0 Å². The molecule has 14 nitrogen and oxygen atoms in total. The van der Waals surface area contributed by atoms with Gasteiger partial charge in [0.05, 0.1) is 12.4 Å². The zero-order chi connectivity index (χ0) is 26.0. The maximum atomic E-state index is 13.2. The number of amides is 3. The molecule has 0 radical (unpaired) electrons. The van der Waals surface area contributed by atoms with Crippen molar-refractivity contribution in [2.24, 2.45) is 22.2 Å². The summed E-state index contributed by atoms with van der Waals surface area (Å²) in [7, 11) is 0. The molecular weight excluding hydrogens is 478 g/mol. The molecule has 10 N–H and O–H groups in total. The molecule has 1 aliphatic rings. The fourth-order valence-electron chi connectivity index (χ4n) is 3.72. The predicted octanol–water partition coefficient (Wildman–Crippen LogP) is -2.69. The van der Waals surface area contributed by atoms with E-state index in [1.165, 1.54) is 17.4 Å². The normalized spacial score (nSPS) is 17.8. The predicted molar refractivity (Wildman–Crippen MR) is 130 cm³/mol. The van der Waals surface area contributed by atoms with Crippen LogP contribution in [-0.4, -0.2) is 92.6 Å². The van der Waals surface area contributed by atoms with Crippen LogP contribution in [0, 0.1) is 0 Å². The fraction of sp³-hybridized carbons (Fsp3) is 0.600. The molecule has 1 saturated heterocycles. The van der Waals surface area contributed by atoms with Crippen LogP contribution < -0.4 is 27.8 Å². The van der Waals surface area contributed by atoms with Gasteiger partial charge in [-0.15, -0.1) is 0 Å². The SMILES string of the molecule is NC(N)=NCCCC(NC(=O)C(CS)NC(=O)C(N)Cc1cnc[nH]1)C(=O)N1CCCC1C(=O)O. The first-order chi connectivity index (χ1) is 16.6. The summed E-state index contributed by atoms with van der Waals surface area (Å²) in [6.45, 7) is 0.491. The minimum atomic E-state index is -1.10. The number of aromatic nitrogens is 2. The number of nitrogens with two attached hydrogens (primary N) is 3. The van der Waals surface area contributed by atoms with Gasteiger partial charge in [0, 0.05) is 37.2 Å². The van der Waals surface area contributed by atoms with E-state index >= 15 is 0 Å². The van der Waals surface area contributed by atoms with Crippen molar-refractivity contribution in [2.75, 3.05) is 18.8 Å². The van der Waals surface area contributed by atoms with Crippen molar-refractivity contribution in [3.8, 4) is 0 Å². The third-order valence-electron chi connectivity index (χ3n) is 5.53. The maximum absolute atomic E-state index is 13.2. The topological polar surface area (TPSA) is 235 Å². The molecule has 0 aliphatic carbocycles. The summed E-state index contributed by atoms with van der Waals surface area (Å²) in [6.07, 6.45) is 4.58. The Morgan fingerprint density at radius 3 is 2.57 bits per heavy atom. The van der Waals surface area contributed by atoms with Crippen molar-refractivity contribution < 1.29 is 24.3 Å². The van der Waals surface area contributed by atoms with Gasteiger partial charge in [-0.3, -0.25) is 19.4 Å². The van der Waals surface area contributed by atoms with E-state index in [4.69, 9.17) is 17.2 Å². The molecule has 4 unspecified atom stereocenters. The average molecular weight is 512 g/mol. The number of guanidine groups is 1. The van der Waals surface area contributed by atoms with Crippen LogP contribution in [0.25, 0.3) is 0 Å². The lowest BCUT2D eigenvalue weighted by atomic mass is 10.1. The number of aliphatic imine (C=N–C) groups is 1. The highest BCUT2D eigenvalue weighted by Gasteiger charge is 2.38. The van der Waals surface area contributed by atoms with Gasteiger partial charge in [0.15, 0.2) is 5.96 Å². The van der Waals surface area contributed by atoms with E-state index in [0.29, 0.717) is 25.0 Å². The lowest BCUT2D eigenvalue weighted by molar-refractivity contribution is -0.149. The van der Waals surface area contributed by atoms with Crippen LogP contribution in [0.1, 0.15) is 31.4 Å². The van der Waals surface area contributed by atoms with Crippen LogP contribution in [0.5, 0.6) is 0 Å². The van der Waals surface area contributed by atoms with E-state index in [0.717, 1.165) is 0 Å². The van der Waals surface area contributed by atoms with Gasteiger partial charge in [0.1, 0.15) is 18.1 Å². The van der Waals surface area contributed by atoms with Gasteiger partial charge in [0.2, 0.25) is 17.7 Å². The quantitative estimate of drug-likeness (QED) is 0.0594. The number of likely N-dealkylation sites (tertiary alicyclic amines) is 1. The number of hydrogen-bond donors (Lipinski definition) is 8. The first-order valence-corrected chi connectivity index (χ1v) is 11.8. The monoisotopic (exact) mass is 511 g/mol.